The van der Waals surface area contributed by atoms with Gasteiger partial charge in [0.1, 0.15) is 0 Å². The third kappa shape index (κ3) is 3.48. The standard InChI is InChI=1S/C21H20N2S/c1-2-4-16(5-3-1)17-6-9-22-20(12-17)14-21-13-18(7-10-23-21)19-8-11-24-15-19/h1-9,11-12,15,21,23H,10,13-14H2. The maximum absolute atomic E-state index is 4.59. The van der Waals surface area contributed by atoms with Crippen molar-refractivity contribution >= 4 is 16.9 Å². The molecule has 3 aromatic rings. The van der Waals surface area contributed by atoms with E-state index in [2.05, 4.69) is 75.7 Å². The Kier molecular flexibility index (Phi) is 4.54. The fraction of sp³-hybridized carbons (Fsp3) is 0.190. The molecule has 1 aliphatic heterocycles. The summed E-state index contributed by atoms with van der Waals surface area (Å²) >= 11 is 1.76. The van der Waals surface area contributed by atoms with E-state index in [0.717, 1.165) is 25.1 Å². The molecule has 2 nitrogen and oxygen atoms in total. The molecule has 4 rings (SSSR count). The number of aromatic nitrogens is 1. The number of rotatable bonds is 4. The molecule has 0 radical (unpaired) electrons. The van der Waals surface area contributed by atoms with Crippen molar-refractivity contribution in [1.82, 2.24) is 10.3 Å². The van der Waals surface area contributed by atoms with Gasteiger partial charge < -0.3 is 5.32 Å². The van der Waals surface area contributed by atoms with Crippen LogP contribution in [0.2, 0.25) is 0 Å². The Bertz CT molecular complexity index is 822. The minimum absolute atomic E-state index is 0.448. The minimum Gasteiger partial charge on any atom is -0.310 e. The second-order valence-corrected chi connectivity index (χ2v) is 6.94. The molecule has 0 aliphatic carbocycles. The average molecular weight is 332 g/mol. The highest BCUT2D eigenvalue weighted by Gasteiger charge is 2.17. The van der Waals surface area contributed by atoms with Crippen LogP contribution < -0.4 is 5.32 Å². The molecule has 120 valence electrons. The summed E-state index contributed by atoms with van der Waals surface area (Å²) in [5, 5.41) is 8.00. The van der Waals surface area contributed by atoms with Crippen molar-refractivity contribution in [3.63, 3.8) is 0 Å². The van der Waals surface area contributed by atoms with Gasteiger partial charge in [0.15, 0.2) is 0 Å². The van der Waals surface area contributed by atoms with E-state index in [1.165, 1.54) is 22.3 Å². The maximum atomic E-state index is 4.59. The summed E-state index contributed by atoms with van der Waals surface area (Å²) in [6.07, 6.45) is 6.26. The Hall–Kier alpha value is -2.23. The van der Waals surface area contributed by atoms with Crippen LogP contribution in [0.4, 0.5) is 0 Å². The Morgan fingerprint density at radius 2 is 1.96 bits per heavy atom. The second-order valence-electron chi connectivity index (χ2n) is 6.16. The zero-order chi connectivity index (χ0) is 16.2. The summed E-state index contributed by atoms with van der Waals surface area (Å²) in [6.45, 7) is 0.939. The van der Waals surface area contributed by atoms with Crippen molar-refractivity contribution < 1.29 is 0 Å². The molecule has 0 fully saturated rings. The molecule has 0 saturated carbocycles. The van der Waals surface area contributed by atoms with Gasteiger partial charge in [0, 0.05) is 30.9 Å². The van der Waals surface area contributed by atoms with Crippen molar-refractivity contribution in [3.8, 4) is 11.1 Å². The van der Waals surface area contributed by atoms with Crippen LogP contribution in [0.5, 0.6) is 0 Å². The highest BCUT2D eigenvalue weighted by Crippen LogP contribution is 2.26. The van der Waals surface area contributed by atoms with Crippen LogP contribution in [0.3, 0.4) is 0 Å². The zero-order valence-corrected chi connectivity index (χ0v) is 14.3. The molecule has 24 heavy (non-hydrogen) atoms. The number of thiophene rings is 1. The molecule has 1 atom stereocenters. The quantitative estimate of drug-likeness (QED) is 0.742. The number of nitrogens with zero attached hydrogens (tertiary/aromatic N) is 1. The predicted molar refractivity (Wildman–Crippen MR) is 102 cm³/mol. The van der Waals surface area contributed by atoms with Crippen LogP contribution in [0.1, 0.15) is 17.7 Å². The van der Waals surface area contributed by atoms with E-state index in [9.17, 15) is 0 Å². The summed E-state index contributed by atoms with van der Waals surface area (Å²) in [5.41, 5.74) is 6.47. The lowest BCUT2D eigenvalue weighted by Crippen LogP contribution is -2.34. The third-order valence-corrected chi connectivity index (χ3v) is 5.18. The summed E-state index contributed by atoms with van der Waals surface area (Å²) < 4.78 is 0. The first-order chi connectivity index (χ1) is 11.9. The molecule has 0 spiro atoms. The van der Waals surface area contributed by atoms with Gasteiger partial charge in [-0.15, -0.1) is 0 Å². The molecular weight excluding hydrogens is 312 g/mol. The number of hydrogen-bond acceptors (Lipinski definition) is 3. The van der Waals surface area contributed by atoms with E-state index in [1.54, 1.807) is 11.3 Å². The van der Waals surface area contributed by atoms with Crippen LogP contribution >= 0.6 is 11.3 Å². The van der Waals surface area contributed by atoms with Crippen LogP contribution in [-0.2, 0) is 6.42 Å². The molecule has 1 aromatic carbocycles. The molecule has 1 N–H and O–H groups in total. The largest absolute Gasteiger partial charge is 0.310 e. The van der Waals surface area contributed by atoms with E-state index in [0.29, 0.717) is 6.04 Å². The number of nitrogens with one attached hydrogen (secondary N) is 1. The second kappa shape index (κ2) is 7.12. The monoisotopic (exact) mass is 332 g/mol. The van der Waals surface area contributed by atoms with Gasteiger partial charge in [-0.3, -0.25) is 4.98 Å². The van der Waals surface area contributed by atoms with Gasteiger partial charge in [0.05, 0.1) is 0 Å². The molecule has 0 bridgehead atoms. The number of hydrogen-bond donors (Lipinski definition) is 1. The predicted octanol–water partition coefficient (Wildman–Crippen LogP) is 4.80. The first kappa shape index (κ1) is 15.3. The Morgan fingerprint density at radius 1 is 1.04 bits per heavy atom. The lowest BCUT2D eigenvalue weighted by atomic mass is 9.94. The lowest BCUT2D eigenvalue weighted by Gasteiger charge is -2.24. The van der Waals surface area contributed by atoms with E-state index in [4.69, 9.17) is 0 Å². The summed E-state index contributed by atoms with van der Waals surface area (Å²) in [6, 6.07) is 17.5. The molecule has 1 unspecified atom stereocenters. The smallest absolute Gasteiger partial charge is 0.0425 e. The minimum atomic E-state index is 0.448. The highest BCUT2D eigenvalue weighted by atomic mass is 32.1. The van der Waals surface area contributed by atoms with Gasteiger partial charge in [-0.1, -0.05) is 36.4 Å². The normalized spacial score (nSPS) is 17.5. The topological polar surface area (TPSA) is 24.9 Å². The molecule has 2 aromatic heterocycles. The molecular formula is C21H20N2S. The molecule has 3 heterocycles. The van der Waals surface area contributed by atoms with Crippen molar-refractivity contribution in [2.75, 3.05) is 6.54 Å². The zero-order valence-electron chi connectivity index (χ0n) is 13.5. The molecule has 0 saturated heterocycles. The first-order valence-corrected chi connectivity index (χ1v) is 9.28. The van der Waals surface area contributed by atoms with E-state index >= 15 is 0 Å². The van der Waals surface area contributed by atoms with Gasteiger partial charge in [-0.2, -0.15) is 11.3 Å². The van der Waals surface area contributed by atoms with Crippen molar-refractivity contribution in [3.05, 3.63) is 82.8 Å². The van der Waals surface area contributed by atoms with Gasteiger partial charge in [-0.05, 0) is 57.6 Å². The fourth-order valence-electron chi connectivity index (χ4n) is 3.25. The fourth-order valence-corrected chi connectivity index (χ4v) is 3.93. The Morgan fingerprint density at radius 3 is 2.79 bits per heavy atom. The van der Waals surface area contributed by atoms with Crippen LogP contribution in [0.15, 0.2) is 71.6 Å². The van der Waals surface area contributed by atoms with Gasteiger partial charge in [0.25, 0.3) is 0 Å². The molecule has 3 heteroatoms. The van der Waals surface area contributed by atoms with Gasteiger partial charge in [-0.25, -0.2) is 0 Å². The van der Waals surface area contributed by atoms with E-state index < -0.39 is 0 Å². The highest BCUT2D eigenvalue weighted by molar-refractivity contribution is 7.08. The van der Waals surface area contributed by atoms with E-state index in [-0.39, 0.29) is 0 Å². The lowest BCUT2D eigenvalue weighted by molar-refractivity contribution is 0.528. The van der Waals surface area contributed by atoms with Crippen LogP contribution in [0, 0.1) is 0 Å². The van der Waals surface area contributed by atoms with Crippen molar-refractivity contribution in [1.29, 1.82) is 0 Å². The Balaban J connectivity index is 1.49. The van der Waals surface area contributed by atoms with Crippen LogP contribution in [-0.4, -0.2) is 17.6 Å². The van der Waals surface area contributed by atoms with Crippen molar-refractivity contribution in [2.45, 2.75) is 18.9 Å². The average Bonchev–Trinajstić information content (AvgIpc) is 3.18. The Labute approximate surface area is 146 Å². The molecule has 1 aliphatic rings. The first-order valence-electron chi connectivity index (χ1n) is 8.34. The maximum Gasteiger partial charge on any atom is 0.0425 e. The van der Waals surface area contributed by atoms with Crippen LogP contribution in [0.25, 0.3) is 16.7 Å². The SMILES string of the molecule is C1=C(c2ccsc2)CC(Cc2cc(-c3ccccc3)ccn2)NC1. The number of pyridine rings is 1. The molecule has 0 amide bonds. The number of benzene rings is 1. The van der Waals surface area contributed by atoms with Gasteiger partial charge in [0.2, 0.25) is 0 Å². The third-order valence-electron chi connectivity index (χ3n) is 4.49. The summed E-state index contributed by atoms with van der Waals surface area (Å²) in [7, 11) is 0. The van der Waals surface area contributed by atoms with Gasteiger partial charge >= 0.3 is 0 Å². The van der Waals surface area contributed by atoms with Crippen molar-refractivity contribution in [2.24, 2.45) is 0 Å². The summed E-state index contributed by atoms with van der Waals surface area (Å²) in [4.78, 5) is 4.59. The van der Waals surface area contributed by atoms with E-state index in [1.807, 2.05) is 6.20 Å². The summed E-state index contributed by atoms with van der Waals surface area (Å²) in [5.74, 6) is 0.